The van der Waals surface area contributed by atoms with Gasteiger partial charge in [-0.1, -0.05) is 18.2 Å². The molecule has 2 nitrogen and oxygen atoms in total. The van der Waals surface area contributed by atoms with E-state index in [1.54, 1.807) is 0 Å². The second-order valence-corrected chi connectivity index (χ2v) is 4.15. The normalized spacial score (nSPS) is 16.4. The lowest BCUT2D eigenvalue weighted by molar-refractivity contribution is 0.133. The molecule has 1 aliphatic rings. The monoisotopic (exact) mass is 205 g/mol. The number of fused-ring (bicyclic) bond motifs is 1. The summed E-state index contributed by atoms with van der Waals surface area (Å²) in [6.45, 7) is 3.35. The van der Waals surface area contributed by atoms with Crippen LogP contribution in [0.1, 0.15) is 36.1 Å². The molecular formula is C13H19NO. The molecule has 0 aliphatic heterocycles. The summed E-state index contributed by atoms with van der Waals surface area (Å²) >= 11 is 0. The minimum absolute atomic E-state index is 0.0239. The van der Waals surface area contributed by atoms with Gasteiger partial charge in [-0.3, -0.25) is 0 Å². The lowest BCUT2D eigenvalue weighted by Crippen LogP contribution is -2.17. The third-order valence-corrected chi connectivity index (χ3v) is 3.05. The minimum Gasteiger partial charge on any atom is -0.380 e. The van der Waals surface area contributed by atoms with Gasteiger partial charge in [-0.2, -0.15) is 0 Å². The maximum Gasteiger partial charge on any atom is 0.0659 e. The van der Waals surface area contributed by atoms with E-state index in [-0.39, 0.29) is 6.04 Å². The fourth-order valence-electron chi connectivity index (χ4n) is 2.16. The Hall–Kier alpha value is -0.860. The molecule has 2 heteroatoms. The summed E-state index contributed by atoms with van der Waals surface area (Å²) in [7, 11) is 0. The second-order valence-electron chi connectivity index (χ2n) is 4.15. The van der Waals surface area contributed by atoms with Crippen LogP contribution in [0.25, 0.3) is 0 Å². The van der Waals surface area contributed by atoms with E-state index in [0.29, 0.717) is 6.61 Å². The van der Waals surface area contributed by atoms with Crippen LogP contribution in [0.2, 0.25) is 0 Å². The van der Waals surface area contributed by atoms with E-state index in [9.17, 15) is 0 Å². The Labute approximate surface area is 91.4 Å². The molecule has 1 aromatic rings. The number of nitrogens with two attached hydrogens (primary N) is 1. The quantitative estimate of drug-likeness (QED) is 0.818. The molecule has 0 aromatic heterocycles. The SMILES string of the molecule is CCOCC(N)c1ccc2c(c1)CCC2. The van der Waals surface area contributed by atoms with Crippen LogP contribution in [0.4, 0.5) is 0 Å². The number of rotatable bonds is 4. The summed E-state index contributed by atoms with van der Waals surface area (Å²) in [5.41, 5.74) is 10.3. The van der Waals surface area contributed by atoms with Gasteiger partial charge in [0.1, 0.15) is 0 Å². The van der Waals surface area contributed by atoms with Crippen molar-refractivity contribution in [2.45, 2.75) is 32.2 Å². The molecule has 15 heavy (non-hydrogen) atoms. The van der Waals surface area contributed by atoms with Gasteiger partial charge < -0.3 is 10.5 Å². The van der Waals surface area contributed by atoms with Crippen molar-refractivity contribution in [2.75, 3.05) is 13.2 Å². The Morgan fingerprint density at radius 2 is 2.13 bits per heavy atom. The molecule has 2 N–H and O–H groups in total. The number of aryl methyl sites for hydroxylation is 2. The Balaban J connectivity index is 2.08. The van der Waals surface area contributed by atoms with E-state index >= 15 is 0 Å². The summed E-state index contributed by atoms with van der Waals surface area (Å²) in [6.07, 6.45) is 3.74. The van der Waals surface area contributed by atoms with Crippen molar-refractivity contribution in [3.63, 3.8) is 0 Å². The first-order valence-electron chi connectivity index (χ1n) is 5.76. The molecule has 0 spiro atoms. The topological polar surface area (TPSA) is 35.2 Å². The first-order chi connectivity index (χ1) is 7.31. The molecule has 0 fully saturated rings. The van der Waals surface area contributed by atoms with Crippen LogP contribution in [0, 0.1) is 0 Å². The van der Waals surface area contributed by atoms with Gasteiger partial charge in [0, 0.05) is 6.61 Å². The Bertz CT molecular complexity index is 335. The Kier molecular flexibility index (Phi) is 3.39. The van der Waals surface area contributed by atoms with Crippen LogP contribution in [0.5, 0.6) is 0 Å². The highest BCUT2D eigenvalue weighted by molar-refractivity contribution is 5.36. The van der Waals surface area contributed by atoms with E-state index in [4.69, 9.17) is 10.5 Å². The summed E-state index contributed by atoms with van der Waals surface area (Å²) in [6, 6.07) is 6.65. The van der Waals surface area contributed by atoms with Gasteiger partial charge in [-0.05, 0) is 42.9 Å². The van der Waals surface area contributed by atoms with Gasteiger partial charge in [-0.25, -0.2) is 0 Å². The summed E-state index contributed by atoms with van der Waals surface area (Å²) in [5, 5.41) is 0. The average molecular weight is 205 g/mol. The first kappa shape index (κ1) is 10.7. The fourth-order valence-corrected chi connectivity index (χ4v) is 2.16. The lowest BCUT2D eigenvalue weighted by Gasteiger charge is -2.13. The summed E-state index contributed by atoms with van der Waals surface area (Å²) in [5.74, 6) is 0. The van der Waals surface area contributed by atoms with E-state index in [0.717, 1.165) is 6.61 Å². The molecule has 0 bridgehead atoms. The third-order valence-electron chi connectivity index (χ3n) is 3.05. The second kappa shape index (κ2) is 4.77. The maximum atomic E-state index is 6.05. The number of hydrogen-bond donors (Lipinski definition) is 1. The van der Waals surface area contributed by atoms with Crippen LogP contribution in [0.15, 0.2) is 18.2 Å². The summed E-state index contributed by atoms with van der Waals surface area (Å²) < 4.78 is 5.34. The van der Waals surface area contributed by atoms with Crippen LogP contribution >= 0.6 is 0 Å². The van der Waals surface area contributed by atoms with Gasteiger partial charge in [-0.15, -0.1) is 0 Å². The molecule has 2 rings (SSSR count). The van der Waals surface area contributed by atoms with Crippen LogP contribution in [-0.2, 0) is 17.6 Å². The zero-order valence-electron chi connectivity index (χ0n) is 9.33. The molecule has 0 heterocycles. The zero-order chi connectivity index (χ0) is 10.7. The van der Waals surface area contributed by atoms with Crippen molar-refractivity contribution in [1.82, 2.24) is 0 Å². The van der Waals surface area contributed by atoms with Crippen LogP contribution in [0.3, 0.4) is 0 Å². The molecule has 1 unspecified atom stereocenters. The number of ether oxygens (including phenoxy) is 1. The maximum absolute atomic E-state index is 6.05. The molecule has 0 amide bonds. The van der Waals surface area contributed by atoms with Gasteiger partial charge in [0.05, 0.1) is 12.6 Å². The van der Waals surface area contributed by atoms with E-state index in [1.807, 2.05) is 6.92 Å². The third kappa shape index (κ3) is 2.39. The van der Waals surface area contributed by atoms with Gasteiger partial charge in [0.25, 0.3) is 0 Å². The molecule has 1 aliphatic carbocycles. The highest BCUT2D eigenvalue weighted by Gasteiger charge is 2.13. The van der Waals surface area contributed by atoms with Gasteiger partial charge >= 0.3 is 0 Å². The van der Waals surface area contributed by atoms with Gasteiger partial charge in [0.2, 0.25) is 0 Å². The van der Waals surface area contributed by atoms with E-state index < -0.39 is 0 Å². The van der Waals surface area contributed by atoms with E-state index in [1.165, 1.54) is 36.0 Å². The Morgan fingerprint density at radius 1 is 1.33 bits per heavy atom. The Morgan fingerprint density at radius 3 is 2.93 bits per heavy atom. The standard InChI is InChI=1S/C13H19NO/c1-2-15-9-13(14)12-7-6-10-4-3-5-11(10)8-12/h6-8,13H,2-5,9,14H2,1H3. The lowest BCUT2D eigenvalue weighted by atomic mass is 10.0. The van der Waals surface area contributed by atoms with Crippen LogP contribution in [-0.4, -0.2) is 13.2 Å². The molecular weight excluding hydrogens is 186 g/mol. The highest BCUT2D eigenvalue weighted by Crippen LogP contribution is 2.24. The number of benzene rings is 1. The molecule has 1 aromatic carbocycles. The van der Waals surface area contributed by atoms with Crippen molar-refractivity contribution in [2.24, 2.45) is 5.73 Å². The van der Waals surface area contributed by atoms with E-state index in [2.05, 4.69) is 18.2 Å². The van der Waals surface area contributed by atoms with Crippen molar-refractivity contribution in [3.05, 3.63) is 34.9 Å². The highest BCUT2D eigenvalue weighted by atomic mass is 16.5. The zero-order valence-corrected chi connectivity index (χ0v) is 9.33. The van der Waals surface area contributed by atoms with Crippen molar-refractivity contribution < 1.29 is 4.74 Å². The predicted molar refractivity (Wildman–Crippen MR) is 61.9 cm³/mol. The molecule has 1 atom stereocenters. The van der Waals surface area contributed by atoms with Crippen molar-refractivity contribution in [1.29, 1.82) is 0 Å². The minimum atomic E-state index is 0.0239. The smallest absolute Gasteiger partial charge is 0.0659 e. The first-order valence-corrected chi connectivity index (χ1v) is 5.76. The van der Waals surface area contributed by atoms with Crippen molar-refractivity contribution in [3.8, 4) is 0 Å². The molecule has 0 saturated carbocycles. The predicted octanol–water partition coefficient (Wildman–Crippen LogP) is 2.21. The largest absolute Gasteiger partial charge is 0.380 e. The summed E-state index contributed by atoms with van der Waals surface area (Å²) in [4.78, 5) is 0. The molecule has 0 radical (unpaired) electrons. The average Bonchev–Trinajstić information content (AvgIpc) is 2.72. The van der Waals surface area contributed by atoms with Crippen molar-refractivity contribution >= 4 is 0 Å². The molecule has 82 valence electrons. The van der Waals surface area contributed by atoms with Crippen LogP contribution < -0.4 is 5.73 Å². The fraction of sp³-hybridized carbons (Fsp3) is 0.538. The number of hydrogen-bond acceptors (Lipinski definition) is 2. The molecule has 0 saturated heterocycles. The van der Waals surface area contributed by atoms with Gasteiger partial charge in [0.15, 0.2) is 0 Å².